The van der Waals surface area contributed by atoms with Crippen molar-refractivity contribution in [3.05, 3.63) is 0 Å². The van der Waals surface area contributed by atoms with Crippen LogP contribution in [0.25, 0.3) is 0 Å². The van der Waals surface area contributed by atoms with Crippen molar-refractivity contribution in [3.63, 3.8) is 0 Å². The molecule has 21 heavy (non-hydrogen) atoms. The highest BCUT2D eigenvalue weighted by Crippen LogP contribution is 2.33. The van der Waals surface area contributed by atoms with Crippen LogP contribution >= 0.6 is 0 Å². The lowest BCUT2D eigenvalue weighted by molar-refractivity contribution is -0.155. The van der Waals surface area contributed by atoms with Crippen LogP contribution in [0.4, 0.5) is 0 Å². The largest absolute Gasteiger partial charge is 0.480 e. The van der Waals surface area contributed by atoms with E-state index < -0.39 is 23.8 Å². The van der Waals surface area contributed by atoms with Crippen LogP contribution in [-0.2, 0) is 19.2 Å². The maximum absolute atomic E-state index is 12.5. The fourth-order valence-electron chi connectivity index (χ4n) is 2.96. The Hall–Kier alpha value is -2.12. The van der Waals surface area contributed by atoms with Crippen molar-refractivity contribution in [2.24, 2.45) is 5.92 Å². The molecule has 2 N–H and O–H groups in total. The number of piperazine rings is 1. The molecule has 2 saturated heterocycles. The number of rotatable bonds is 3. The van der Waals surface area contributed by atoms with Gasteiger partial charge in [-0.25, -0.2) is 4.79 Å². The van der Waals surface area contributed by atoms with Crippen LogP contribution in [0.3, 0.4) is 0 Å². The fourth-order valence-corrected chi connectivity index (χ4v) is 2.96. The zero-order chi connectivity index (χ0) is 15.1. The van der Waals surface area contributed by atoms with E-state index in [1.807, 2.05) is 0 Å². The van der Waals surface area contributed by atoms with E-state index in [1.54, 1.807) is 4.90 Å². The zero-order valence-electron chi connectivity index (χ0n) is 11.4. The van der Waals surface area contributed by atoms with E-state index in [4.69, 9.17) is 5.11 Å². The van der Waals surface area contributed by atoms with Gasteiger partial charge in [0.2, 0.25) is 17.7 Å². The van der Waals surface area contributed by atoms with Gasteiger partial charge in [0.25, 0.3) is 0 Å². The van der Waals surface area contributed by atoms with Crippen molar-refractivity contribution in [2.75, 3.05) is 19.6 Å². The number of amides is 3. The SMILES string of the molecule is O=C1CN(C(=O)C2CC(=O)N(C3CC3)C2)C(C(=O)O)CN1. The molecule has 114 valence electrons. The van der Waals surface area contributed by atoms with E-state index in [-0.39, 0.29) is 37.4 Å². The molecular weight excluding hydrogens is 278 g/mol. The summed E-state index contributed by atoms with van der Waals surface area (Å²) in [5.41, 5.74) is 0. The van der Waals surface area contributed by atoms with Crippen molar-refractivity contribution in [2.45, 2.75) is 31.3 Å². The standard InChI is InChI=1S/C13H17N3O5/c17-10-6-16(9(4-14-10)13(20)21)12(19)7-3-11(18)15(5-7)8-1-2-8/h7-9H,1-6H2,(H,14,17)(H,20,21). The Balaban J connectivity index is 1.72. The fraction of sp³-hybridized carbons (Fsp3) is 0.692. The normalized spacial score (nSPS) is 29.5. The molecule has 1 aliphatic carbocycles. The molecule has 2 heterocycles. The van der Waals surface area contributed by atoms with Gasteiger partial charge in [0.1, 0.15) is 12.6 Å². The molecular formula is C13H17N3O5. The monoisotopic (exact) mass is 295 g/mol. The van der Waals surface area contributed by atoms with Gasteiger partial charge in [-0.15, -0.1) is 0 Å². The molecule has 2 aliphatic heterocycles. The highest BCUT2D eigenvalue weighted by molar-refractivity contribution is 5.95. The molecule has 8 heteroatoms. The Morgan fingerprint density at radius 1 is 1.24 bits per heavy atom. The van der Waals surface area contributed by atoms with Crippen LogP contribution in [0.15, 0.2) is 0 Å². The second kappa shape index (κ2) is 5.01. The first-order chi connectivity index (χ1) is 9.97. The number of nitrogens with one attached hydrogen (secondary N) is 1. The molecule has 1 saturated carbocycles. The van der Waals surface area contributed by atoms with Crippen molar-refractivity contribution in [1.82, 2.24) is 15.1 Å². The smallest absolute Gasteiger partial charge is 0.328 e. The number of hydrogen-bond donors (Lipinski definition) is 2. The maximum atomic E-state index is 12.5. The van der Waals surface area contributed by atoms with Gasteiger partial charge in [0.15, 0.2) is 0 Å². The Labute approximate surface area is 121 Å². The number of aliphatic carboxylic acids is 1. The van der Waals surface area contributed by atoms with E-state index in [9.17, 15) is 19.2 Å². The third kappa shape index (κ3) is 2.57. The number of carbonyl (C=O) groups excluding carboxylic acids is 3. The van der Waals surface area contributed by atoms with Crippen LogP contribution in [-0.4, -0.2) is 70.3 Å². The number of carboxylic acids is 1. The molecule has 0 aromatic carbocycles. The predicted molar refractivity (Wildman–Crippen MR) is 69.0 cm³/mol. The summed E-state index contributed by atoms with van der Waals surface area (Å²) in [5, 5.41) is 11.6. The summed E-state index contributed by atoms with van der Waals surface area (Å²) in [6.07, 6.45) is 2.05. The molecule has 0 bridgehead atoms. The van der Waals surface area contributed by atoms with Crippen LogP contribution in [0.2, 0.25) is 0 Å². The minimum atomic E-state index is -1.15. The summed E-state index contributed by atoms with van der Waals surface area (Å²) in [5.74, 6) is -2.51. The Bertz CT molecular complexity index is 516. The highest BCUT2D eigenvalue weighted by Gasteiger charge is 2.45. The van der Waals surface area contributed by atoms with Crippen molar-refractivity contribution < 1.29 is 24.3 Å². The van der Waals surface area contributed by atoms with E-state index >= 15 is 0 Å². The van der Waals surface area contributed by atoms with Crippen molar-refractivity contribution in [3.8, 4) is 0 Å². The van der Waals surface area contributed by atoms with Gasteiger partial charge >= 0.3 is 5.97 Å². The van der Waals surface area contributed by atoms with Gasteiger partial charge in [-0.05, 0) is 12.8 Å². The number of nitrogens with zero attached hydrogens (tertiary/aromatic N) is 2. The lowest BCUT2D eigenvalue weighted by Gasteiger charge is -2.34. The molecule has 0 radical (unpaired) electrons. The maximum Gasteiger partial charge on any atom is 0.328 e. The number of likely N-dealkylation sites (tertiary alicyclic amines) is 1. The van der Waals surface area contributed by atoms with Gasteiger partial charge < -0.3 is 20.2 Å². The third-order valence-corrected chi connectivity index (χ3v) is 4.25. The number of carbonyl (C=O) groups is 4. The van der Waals surface area contributed by atoms with Crippen LogP contribution < -0.4 is 5.32 Å². The molecule has 0 spiro atoms. The summed E-state index contributed by atoms with van der Waals surface area (Å²) >= 11 is 0. The average molecular weight is 295 g/mol. The molecule has 3 fully saturated rings. The zero-order valence-corrected chi connectivity index (χ0v) is 11.4. The van der Waals surface area contributed by atoms with Crippen LogP contribution in [0.5, 0.6) is 0 Å². The minimum Gasteiger partial charge on any atom is -0.480 e. The third-order valence-electron chi connectivity index (χ3n) is 4.25. The first kappa shape index (κ1) is 13.8. The van der Waals surface area contributed by atoms with E-state index in [0.29, 0.717) is 6.54 Å². The van der Waals surface area contributed by atoms with Gasteiger partial charge in [0, 0.05) is 25.6 Å². The van der Waals surface area contributed by atoms with Crippen LogP contribution in [0, 0.1) is 5.92 Å². The van der Waals surface area contributed by atoms with Gasteiger partial charge in [-0.3, -0.25) is 14.4 Å². The number of hydrogen-bond acceptors (Lipinski definition) is 4. The van der Waals surface area contributed by atoms with Gasteiger partial charge in [-0.2, -0.15) is 0 Å². The quantitative estimate of drug-likeness (QED) is 0.653. The lowest BCUT2D eigenvalue weighted by atomic mass is 10.0. The summed E-state index contributed by atoms with van der Waals surface area (Å²) in [6.45, 7) is -0.0103. The second-order valence-electron chi connectivity index (χ2n) is 5.80. The van der Waals surface area contributed by atoms with E-state index in [2.05, 4.69) is 5.32 Å². The minimum absolute atomic E-state index is 0.0517. The van der Waals surface area contributed by atoms with Gasteiger partial charge in [-0.1, -0.05) is 0 Å². The lowest BCUT2D eigenvalue weighted by Crippen LogP contribution is -2.60. The van der Waals surface area contributed by atoms with E-state index in [1.165, 1.54) is 0 Å². The predicted octanol–water partition coefficient (Wildman–Crippen LogP) is -1.59. The van der Waals surface area contributed by atoms with Crippen molar-refractivity contribution in [1.29, 1.82) is 0 Å². The summed E-state index contributed by atoms with van der Waals surface area (Å²) in [6, 6.07) is -0.810. The molecule has 8 nitrogen and oxygen atoms in total. The van der Waals surface area contributed by atoms with Gasteiger partial charge in [0.05, 0.1) is 5.92 Å². The molecule has 2 unspecified atom stereocenters. The summed E-state index contributed by atoms with van der Waals surface area (Å²) in [4.78, 5) is 49.8. The average Bonchev–Trinajstić information content (AvgIpc) is 3.20. The molecule has 3 amide bonds. The first-order valence-electron chi connectivity index (χ1n) is 7.07. The molecule has 3 rings (SSSR count). The highest BCUT2D eigenvalue weighted by atomic mass is 16.4. The Kier molecular flexibility index (Phi) is 3.30. The molecule has 0 aromatic rings. The molecule has 0 aromatic heterocycles. The Morgan fingerprint density at radius 3 is 2.57 bits per heavy atom. The first-order valence-corrected chi connectivity index (χ1v) is 7.07. The number of carboxylic acid groups (broad SMARTS) is 1. The molecule has 3 aliphatic rings. The summed E-state index contributed by atoms with van der Waals surface area (Å²) in [7, 11) is 0. The van der Waals surface area contributed by atoms with E-state index in [0.717, 1.165) is 17.7 Å². The molecule has 2 atom stereocenters. The second-order valence-corrected chi connectivity index (χ2v) is 5.80. The van der Waals surface area contributed by atoms with Crippen LogP contribution in [0.1, 0.15) is 19.3 Å². The van der Waals surface area contributed by atoms with Crippen molar-refractivity contribution >= 4 is 23.7 Å². The Morgan fingerprint density at radius 2 is 1.95 bits per heavy atom. The summed E-state index contributed by atoms with van der Waals surface area (Å²) < 4.78 is 0. The topological polar surface area (TPSA) is 107 Å².